The number of ether oxygens (including phenoxy) is 4. The van der Waals surface area contributed by atoms with Gasteiger partial charge in [0.15, 0.2) is 11.5 Å². The van der Waals surface area contributed by atoms with Crippen molar-refractivity contribution < 1.29 is 18.9 Å². The van der Waals surface area contributed by atoms with E-state index in [9.17, 15) is 0 Å². The first-order valence-electron chi connectivity index (χ1n) is 9.10. The van der Waals surface area contributed by atoms with Crippen molar-refractivity contribution in [3.63, 3.8) is 0 Å². The van der Waals surface area contributed by atoms with Gasteiger partial charge in [0.05, 0.1) is 34.5 Å². The lowest BCUT2D eigenvalue weighted by atomic mass is 9.97. The van der Waals surface area contributed by atoms with Crippen molar-refractivity contribution >= 4 is 0 Å². The second-order valence-corrected chi connectivity index (χ2v) is 6.62. The Morgan fingerprint density at radius 3 is 2.32 bits per heavy atom. The van der Waals surface area contributed by atoms with Gasteiger partial charge in [-0.1, -0.05) is 0 Å². The molecule has 2 aliphatic rings. The Hall–Kier alpha value is -1.50. The Morgan fingerprint density at radius 1 is 0.920 bits per heavy atom. The van der Waals surface area contributed by atoms with E-state index in [1.165, 1.54) is 17.5 Å². The number of fused-ring (bicyclic) bond motifs is 1. The number of nitrogens with zero attached hydrogens (tertiary/aromatic N) is 2. The van der Waals surface area contributed by atoms with Gasteiger partial charge in [-0.2, -0.15) is 0 Å². The van der Waals surface area contributed by atoms with Gasteiger partial charge in [-0.3, -0.25) is 9.80 Å². The molecular weight excluding hydrogens is 320 g/mol. The first-order chi connectivity index (χ1) is 12.3. The predicted octanol–water partition coefficient (Wildman–Crippen LogP) is 1.79. The molecule has 0 aromatic heterocycles. The summed E-state index contributed by atoms with van der Waals surface area (Å²) in [5.41, 5.74) is 2.54. The summed E-state index contributed by atoms with van der Waals surface area (Å²) in [5, 5.41) is 0. The number of rotatable bonds is 7. The van der Waals surface area contributed by atoms with Gasteiger partial charge in [-0.05, 0) is 37.6 Å². The maximum Gasteiger partial charge on any atom is 0.203 e. The third-order valence-corrected chi connectivity index (χ3v) is 5.15. The molecule has 0 saturated carbocycles. The zero-order valence-corrected chi connectivity index (χ0v) is 15.7. The van der Waals surface area contributed by atoms with Crippen LogP contribution in [0.1, 0.15) is 17.5 Å². The van der Waals surface area contributed by atoms with Gasteiger partial charge < -0.3 is 18.9 Å². The molecule has 2 aliphatic heterocycles. The van der Waals surface area contributed by atoms with E-state index < -0.39 is 0 Å². The summed E-state index contributed by atoms with van der Waals surface area (Å²) in [7, 11) is 5.03. The first kappa shape index (κ1) is 18.3. The van der Waals surface area contributed by atoms with Crippen LogP contribution < -0.4 is 14.2 Å². The van der Waals surface area contributed by atoms with Gasteiger partial charge in [0.1, 0.15) is 0 Å². The normalized spacial score (nSPS) is 18.7. The zero-order valence-electron chi connectivity index (χ0n) is 15.7. The van der Waals surface area contributed by atoms with Crippen LogP contribution >= 0.6 is 0 Å². The van der Waals surface area contributed by atoms with Crippen LogP contribution in [-0.2, 0) is 17.7 Å². The van der Waals surface area contributed by atoms with Crippen molar-refractivity contribution in [3.05, 3.63) is 17.2 Å². The van der Waals surface area contributed by atoms with Crippen LogP contribution in [0.5, 0.6) is 17.2 Å². The van der Waals surface area contributed by atoms with Crippen molar-refractivity contribution in [2.24, 2.45) is 0 Å². The van der Waals surface area contributed by atoms with Gasteiger partial charge in [0, 0.05) is 31.7 Å². The maximum absolute atomic E-state index is 5.63. The monoisotopic (exact) mass is 350 g/mol. The Morgan fingerprint density at radius 2 is 1.64 bits per heavy atom. The van der Waals surface area contributed by atoms with E-state index >= 15 is 0 Å². The smallest absolute Gasteiger partial charge is 0.203 e. The average molecular weight is 350 g/mol. The van der Waals surface area contributed by atoms with Gasteiger partial charge in [0.2, 0.25) is 5.75 Å². The van der Waals surface area contributed by atoms with E-state index in [2.05, 4.69) is 15.9 Å². The molecule has 0 N–H and O–H groups in total. The second-order valence-electron chi connectivity index (χ2n) is 6.62. The van der Waals surface area contributed by atoms with Gasteiger partial charge in [0.25, 0.3) is 0 Å². The third-order valence-electron chi connectivity index (χ3n) is 5.15. The number of methoxy groups -OCH3 is 3. The molecule has 0 bridgehead atoms. The van der Waals surface area contributed by atoms with E-state index in [4.69, 9.17) is 18.9 Å². The fraction of sp³-hybridized carbons (Fsp3) is 0.684. The Balaban J connectivity index is 1.62. The van der Waals surface area contributed by atoms with Crippen molar-refractivity contribution in [2.75, 3.05) is 67.3 Å². The van der Waals surface area contributed by atoms with Crippen molar-refractivity contribution in [2.45, 2.75) is 19.4 Å². The van der Waals surface area contributed by atoms with E-state index in [1.54, 1.807) is 21.3 Å². The van der Waals surface area contributed by atoms with E-state index in [0.717, 1.165) is 70.4 Å². The fourth-order valence-electron chi connectivity index (χ4n) is 3.81. The summed E-state index contributed by atoms with van der Waals surface area (Å²) in [6.45, 7) is 8.15. The van der Waals surface area contributed by atoms with E-state index in [0.29, 0.717) is 5.75 Å². The summed E-state index contributed by atoms with van der Waals surface area (Å²) in [6, 6.07) is 2.10. The van der Waals surface area contributed by atoms with Crippen molar-refractivity contribution in [1.82, 2.24) is 9.80 Å². The molecule has 6 nitrogen and oxygen atoms in total. The minimum Gasteiger partial charge on any atom is -0.493 e. The third kappa shape index (κ3) is 4.19. The molecule has 1 aromatic carbocycles. The average Bonchev–Trinajstić information content (AvgIpc) is 2.67. The standard InChI is InChI=1S/C19H30N2O4/c1-22-17-13-15-14-21(7-4-6-20-9-11-25-12-10-20)8-5-16(15)18(23-2)19(17)24-3/h13H,4-12,14H2,1-3H3. The molecule has 25 heavy (non-hydrogen) atoms. The molecule has 2 heterocycles. The molecule has 0 radical (unpaired) electrons. The summed E-state index contributed by atoms with van der Waals surface area (Å²) in [4.78, 5) is 5.02. The molecule has 0 unspecified atom stereocenters. The highest BCUT2D eigenvalue weighted by molar-refractivity contribution is 5.59. The van der Waals surface area contributed by atoms with Crippen LogP contribution in [0.25, 0.3) is 0 Å². The molecule has 1 fully saturated rings. The van der Waals surface area contributed by atoms with Crippen LogP contribution in [0.3, 0.4) is 0 Å². The van der Waals surface area contributed by atoms with Crippen LogP contribution in [-0.4, -0.2) is 77.1 Å². The fourth-order valence-corrected chi connectivity index (χ4v) is 3.81. The molecule has 1 saturated heterocycles. The van der Waals surface area contributed by atoms with Crippen LogP contribution in [0.4, 0.5) is 0 Å². The highest BCUT2D eigenvalue weighted by Gasteiger charge is 2.25. The molecule has 0 atom stereocenters. The molecule has 6 heteroatoms. The largest absolute Gasteiger partial charge is 0.493 e. The minimum atomic E-state index is 0.699. The first-order valence-corrected chi connectivity index (χ1v) is 9.10. The summed E-state index contributed by atoms with van der Waals surface area (Å²) >= 11 is 0. The van der Waals surface area contributed by atoms with Gasteiger partial charge in [-0.15, -0.1) is 0 Å². The second kappa shape index (κ2) is 8.74. The Kier molecular flexibility index (Phi) is 6.39. The number of hydrogen-bond donors (Lipinski definition) is 0. The van der Waals surface area contributed by atoms with Crippen LogP contribution in [0, 0.1) is 0 Å². The number of hydrogen-bond acceptors (Lipinski definition) is 6. The van der Waals surface area contributed by atoms with E-state index in [1.807, 2.05) is 0 Å². The predicted molar refractivity (Wildman–Crippen MR) is 97.0 cm³/mol. The lowest BCUT2D eigenvalue weighted by Gasteiger charge is -2.32. The van der Waals surface area contributed by atoms with Crippen LogP contribution in [0.15, 0.2) is 6.07 Å². The molecule has 140 valence electrons. The molecule has 0 amide bonds. The summed E-state index contributed by atoms with van der Waals surface area (Å²) in [6.07, 6.45) is 2.18. The Labute approximate surface area is 150 Å². The highest BCUT2D eigenvalue weighted by Crippen LogP contribution is 2.43. The Bertz CT molecular complexity index is 573. The zero-order chi connectivity index (χ0) is 17.6. The molecule has 0 aliphatic carbocycles. The summed E-state index contributed by atoms with van der Waals surface area (Å²) < 4.78 is 22.0. The minimum absolute atomic E-state index is 0.699. The van der Waals surface area contributed by atoms with Crippen molar-refractivity contribution in [3.8, 4) is 17.2 Å². The molecule has 1 aromatic rings. The number of morpholine rings is 1. The lowest BCUT2D eigenvalue weighted by Crippen LogP contribution is -2.39. The lowest BCUT2D eigenvalue weighted by molar-refractivity contribution is 0.0359. The maximum atomic E-state index is 5.63. The topological polar surface area (TPSA) is 43.4 Å². The molecule has 3 rings (SSSR count). The van der Waals surface area contributed by atoms with Gasteiger partial charge in [-0.25, -0.2) is 0 Å². The van der Waals surface area contributed by atoms with E-state index in [-0.39, 0.29) is 0 Å². The highest BCUT2D eigenvalue weighted by atomic mass is 16.5. The quantitative estimate of drug-likeness (QED) is 0.747. The van der Waals surface area contributed by atoms with Crippen LogP contribution in [0.2, 0.25) is 0 Å². The molecular formula is C19H30N2O4. The summed E-state index contributed by atoms with van der Waals surface area (Å²) in [5.74, 6) is 2.27. The van der Waals surface area contributed by atoms with Gasteiger partial charge >= 0.3 is 0 Å². The SMILES string of the molecule is COc1cc2c(c(OC)c1OC)CCN(CCCN1CCOCC1)C2. The van der Waals surface area contributed by atoms with Crippen molar-refractivity contribution in [1.29, 1.82) is 0 Å². The molecule has 0 spiro atoms. The number of benzene rings is 1.